The Kier molecular flexibility index (Phi) is 7.00. The Balaban J connectivity index is 1.53. The fraction of sp³-hybridized carbons (Fsp3) is 0.364. The molecule has 0 aromatic heterocycles. The summed E-state index contributed by atoms with van der Waals surface area (Å²) in [5, 5.41) is 2.88. The molecule has 0 aliphatic carbocycles. The van der Waals surface area contributed by atoms with E-state index in [1.54, 1.807) is 44.4 Å². The Morgan fingerprint density at radius 2 is 1.67 bits per heavy atom. The molecule has 0 bridgehead atoms. The van der Waals surface area contributed by atoms with Crippen molar-refractivity contribution >= 4 is 17.6 Å². The molecule has 0 saturated carbocycles. The second-order valence-corrected chi connectivity index (χ2v) is 6.84. The molecule has 3 amide bonds. The van der Waals surface area contributed by atoms with E-state index in [4.69, 9.17) is 14.2 Å². The average Bonchev–Trinajstić information content (AvgIpc) is 3.13. The highest BCUT2D eigenvalue weighted by Gasteiger charge is 2.32. The zero-order chi connectivity index (χ0) is 21.5. The van der Waals surface area contributed by atoms with Crippen LogP contribution in [0.3, 0.4) is 0 Å². The lowest BCUT2D eigenvalue weighted by atomic mass is 10.1. The van der Waals surface area contributed by atoms with Crippen LogP contribution in [-0.4, -0.2) is 64.3 Å². The largest absolute Gasteiger partial charge is 0.497 e. The first kappa shape index (κ1) is 21.3. The van der Waals surface area contributed by atoms with Gasteiger partial charge in [-0.1, -0.05) is 12.1 Å². The molecular weight excluding hydrogens is 386 g/mol. The molecule has 30 heavy (non-hydrogen) atoms. The molecule has 2 aromatic carbocycles. The number of urea groups is 1. The molecule has 0 radical (unpaired) electrons. The van der Waals surface area contributed by atoms with Gasteiger partial charge in [0.1, 0.15) is 23.8 Å². The lowest BCUT2D eigenvalue weighted by molar-refractivity contribution is -0.121. The SMILES string of the molecule is COc1ccc(CCNC(=O)CN2CCN(c3cc(OC)ccc3OC)C2=O)cc1. The van der Waals surface area contributed by atoms with Crippen molar-refractivity contribution in [2.24, 2.45) is 0 Å². The maximum Gasteiger partial charge on any atom is 0.325 e. The molecule has 1 saturated heterocycles. The van der Waals surface area contributed by atoms with Crippen LogP contribution in [-0.2, 0) is 11.2 Å². The van der Waals surface area contributed by atoms with Crippen molar-refractivity contribution in [1.82, 2.24) is 10.2 Å². The molecule has 1 heterocycles. The quantitative estimate of drug-likeness (QED) is 0.682. The van der Waals surface area contributed by atoms with Crippen LogP contribution in [0.25, 0.3) is 0 Å². The topological polar surface area (TPSA) is 80.3 Å². The number of nitrogens with one attached hydrogen (secondary N) is 1. The third kappa shape index (κ3) is 4.94. The molecule has 0 spiro atoms. The van der Waals surface area contributed by atoms with Crippen LogP contribution in [0.4, 0.5) is 10.5 Å². The molecule has 2 aromatic rings. The highest BCUT2D eigenvalue weighted by atomic mass is 16.5. The zero-order valence-corrected chi connectivity index (χ0v) is 17.5. The molecule has 3 rings (SSSR count). The van der Waals surface area contributed by atoms with E-state index in [9.17, 15) is 9.59 Å². The highest BCUT2D eigenvalue weighted by Crippen LogP contribution is 2.34. The summed E-state index contributed by atoms with van der Waals surface area (Å²) in [5.74, 6) is 1.83. The molecule has 1 N–H and O–H groups in total. The van der Waals surface area contributed by atoms with Crippen molar-refractivity contribution in [1.29, 1.82) is 0 Å². The number of amides is 3. The number of carbonyl (C=O) groups is 2. The summed E-state index contributed by atoms with van der Waals surface area (Å²) in [6, 6.07) is 12.8. The van der Waals surface area contributed by atoms with Crippen LogP contribution in [0.2, 0.25) is 0 Å². The molecule has 1 aliphatic rings. The van der Waals surface area contributed by atoms with Crippen molar-refractivity contribution in [2.45, 2.75) is 6.42 Å². The number of carbonyl (C=O) groups excluding carboxylic acids is 2. The van der Waals surface area contributed by atoms with Crippen molar-refractivity contribution in [3.8, 4) is 17.2 Å². The van der Waals surface area contributed by atoms with Crippen LogP contribution in [0, 0.1) is 0 Å². The fourth-order valence-electron chi connectivity index (χ4n) is 3.33. The van der Waals surface area contributed by atoms with E-state index in [0.717, 1.165) is 11.3 Å². The third-order valence-corrected chi connectivity index (χ3v) is 5.00. The van der Waals surface area contributed by atoms with Gasteiger partial charge in [-0.05, 0) is 36.2 Å². The molecular formula is C22H27N3O5. The minimum absolute atomic E-state index is 0.0181. The second kappa shape index (κ2) is 9.87. The van der Waals surface area contributed by atoms with Gasteiger partial charge in [-0.15, -0.1) is 0 Å². The number of nitrogens with zero attached hydrogens (tertiary/aromatic N) is 2. The van der Waals surface area contributed by atoms with Gasteiger partial charge in [-0.25, -0.2) is 4.79 Å². The minimum atomic E-state index is -0.230. The standard InChI is InChI=1S/C22H27N3O5/c1-28-17-6-4-16(5-7-17)10-11-23-21(26)15-24-12-13-25(22(24)27)19-14-18(29-2)8-9-20(19)30-3/h4-9,14H,10-13,15H2,1-3H3,(H,23,26). The summed E-state index contributed by atoms with van der Waals surface area (Å²) in [6.45, 7) is 1.46. The minimum Gasteiger partial charge on any atom is -0.497 e. The molecule has 1 aliphatic heterocycles. The number of hydrogen-bond acceptors (Lipinski definition) is 5. The van der Waals surface area contributed by atoms with E-state index in [1.165, 1.54) is 4.90 Å². The van der Waals surface area contributed by atoms with Gasteiger partial charge in [-0.3, -0.25) is 9.69 Å². The maximum absolute atomic E-state index is 12.8. The Morgan fingerprint density at radius 3 is 2.33 bits per heavy atom. The van der Waals surface area contributed by atoms with E-state index < -0.39 is 0 Å². The summed E-state index contributed by atoms with van der Waals surface area (Å²) in [5.41, 5.74) is 1.73. The van der Waals surface area contributed by atoms with Gasteiger partial charge >= 0.3 is 6.03 Å². The van der Waals surface area contributed by atoms with Crippen LogP contribution in [0.1, 0.15) is 5.56 Å². The smallest absolute Gasteiger partial charge is 0.325 e. The van der Waals surface area contributed by atoms with Crippen molar-refractivity contribution < 1.29 is 23.8 Å². The van der Waals surface area contributed by atoms with Crippen LogP contribution < -0.4 is 24.4 Å². The number of hydrogen-bond donors (Lipinski definition) is 1. The normalized spacial score (nSPS) is 13.4. The first-order chi connectivity index (χ1) is 14.5. The molecule has 160 valence electrons. The molecule has 1 fully saturated rings. The first-order valence-corrected chi connectivity index (χ1v) is 9.73. The monoisotopic (exact) mass is 413 g/mol. The number of anilines is 1. The zero-order valence-electron chi connectivity index (χ0n) is 17.5. The van der Waals surface area contributed by atoms with Crippen LogP contribution in [0.15, 0.2) is 42.5 Å². The number of methoxy groups -OCH3 is 3. The van der Waals surface area contributed by atoms with E-state index in [1.807, 2.05) is 24.3 Å². The van der Waals surface area contributed by atoms with Gasteiger partial charge in [0.15, 0.2) is 0 Å². The lowest BCUT2D eigenvalue weighted by Gasteiger charge is -2.21. The Morgan fingerprint density at radius 1 is 0.967 bits per heavy atom. The van der Waals surface area contributed by atoms with Gasteiger partial charge in [0.05, 0.1) is 27.0 Å². The Bertz CT molecular complexity index is 885. The Hall–Kier alpha value is -3.42. The number of rotatable bonds is 9. The number of ether oxygens (including phenoxy) is 3. The number of benzene rings is 2. The van der Waals surface area contributed by atoms with E-state index in [2.05, 4.69) is 5.32 Å². The van der Waals surface area contributed by atoms with Gasteiger partial charge < -0.3 is 24.4 Å². The van der Waals surface area contributed by atoms with Crippen LogP contribution >= 0.6 is 0 Å². The van der Waals surface area contributed by atoms with Gasteiger partial charge in [0.2, 0.25) is 5.91 Å². The lowest BCUT2D eigenvalue weighted by Crippen LogP contribution is -2.40. The first-order valence-electron chi connectivity index (χ1n) is 9.73. The van der Waals surface area contributed by atoms with Crippen molar-refractivity contribution in [3.63, 3.8) is 0 Å². The summed E-state index contributed by atoms with van der Waals surface area (Å²) >= 11 is 0. The Labute approximate surface area is 176 Å². The maximum atomic E-state index is 12.8. The van der Waals surface area contributed by atoms with Crippen molar-refractivity contribution in [2.75, 3.05) is 52.4 Å². The summed E-state index contributed by atoms with van der Waals surface area (Å²) in [6.07, 6.45) is 0.705. The molecule has 0 atom stereocenters. The molecule has 0 unspecified atom stereocenters. The van der Waals surface area contributed by atoms with Gasteiger partial charge in [0.25, 0.3) is 0 Å². The van der Waals surface area contributed by atoms with E-state index in [-0.39, 0.29) is 18.5 Å². The molecule has 8 heteroatoms. The third-order valence-electron chi connectivity index (χ3n) is 5.00. The average molecular weight is 413 g/mol. The summed E-state index contributed by atoms with van der Waals surface area (Å²) < 4.78 is 15.8. The second-order valence-electron chi connectivity index (χ2n) is 6.84. The fourth-order valence-corrected chi connectivity index (χ4v) is 3.33. The van der Waals surface area contributed by atoms with Crippen LogP contribution in [0.5, 0.6) is 17.2 Å². The van der Waals surface area contributed by atoms with E-state index >= 15 is 0 Å². The summed E-state index contributed by atoms with van der Waals surface area (Å²) in [4.78, 5) is 28.3. The summed E-state index contributed by atoms with van der Waals surface area (Å²) in [7, 11) is 4.75. The van der Waals surface area contributed by atoms with Gasteiger partial charge in [0, 0.05) is 25.7 Å². The van der Waals surface area contributed by atoms with Gasteiger partial charge in [-0.2, -0.15) is 0 Å². The highest BCUT2D eigenvalue weighted by molar-refractivity contribution is 5.97. The van der Waals surface area contributed by atoms with E-state index in [0.29, 0.717) is 43.2 Å². The van der Waals surface area contributed by atoms with Crippen molar-refractivity contribution in [3.05, 3.63) is 48.0 Å². The predicted octanol–water partition coefficient (Wildman–Crippen LogP) is 2.31. The predicted molar refractivity (Wildman–Crippen MR) is 114 cm³/mol. The molecule has 8 nitrogen and oxygen atoms in total.